The van der Waals surface area contributed by atoms with E-state index in [1.807, 2.05) is 6.07 Å². The van der Waals surface area contributed by atoms with Crippen LogP contribution < -0.4 is 0 Å². The Balaban J connectivity index is 2.45. The van der Waals surface area contributed by atoms with Gasteiger partial charge in [0.05, 0.1) is 5.56 Å². The van der Waals surface area contributed by atoms with E-state index >= 15 is 0 Å². The first-order chi connectivity index (χ1) is 9.52. The number of hydrazine groups is 1. The van der Waals surface area contributed by atoms with Gasteiger partial charge in [-0.2, -0.15) is 0 Å². The molecule has 0 aromatic heterocycles. The molecule has 1 aromatic rings. The van der Waals surface area contributed by atoms with E-state index in [1.54, 1.807) is 37.3 Å². The fourth-order valence-electron chi connectivity index (χ4n) is 2.39. The van der Waals surface area contributed by atoms with Crippen molar-refractivity contribution in [1.82, 2.24) is 10.0 Å². The van der Waals surface area contributed by atoms with Crippen molar-refractivity contribution in [3.63, 3.8) is 0 Å². The minimum absolute atomic E-state index is 0.224. The molecule has 1 heterocycles. The lowest BCUT2D eigenvalue weighted by molar-refractivity contribution is -0.125. The van der Waals surface area contributed by atoms with Crippen molar-refractivity contribution in [3.05, 3.63) is 35.4 Å². The lowest BCUT2D eigenvalue weighted by atomic mass is 10.0. The Labute approximate surface area is 120 Å². The quantitative estimate of drug-likeness (QED) is 0.675. The van der Waals surface area contributed by atoms with Crippen molar-refractivity contribution >= 4 is 5.91 Å². The smallest absolute Gasteiger partial charge is 0.272 e. The number of hydrogen-bond acceptors (Lipinski definition) is 3. The highest BCUT2D eigenvalue weighted by Gasteiger charge is 2.49. The molecular weight excluding hydrogens is 252 g/mol. The number of aliphatic hydroxyl groups is 1. The molecule has 2 rings (SSSR count). The lowest BCUT2D eigenvalue weighted by Crippen LogP contribution is -2.50. The fourth-order valence-corrected chi connectivity index (χ4v) is 2.39. The summed E-state index contributed by atoms with van der Waals surface area (Å²) in [4.78, 5) is 12.4. The Morgan fingerprint density at radius 1 is 1.35 bits per heavy atom. The molecule has 1 amide bonds. The lowest BCUT2D eigenvalue weighted by Gasteiger charge is -2.34. The molecule has 1 N–H and O–H groups in total. The first kappa shape index (κ1) is 14.6. The maximum absolute atomic E-state index is 12.4. The number of unbranched alkanes of at least 4 members (excludes halogenated alkanes) is 2. The van der Waals surface area contributed by atoms with Gasteiger partial charge in [0.1, 0.15) is 0 Å². The summed E-state index contributed by atoms with van der Waals surface area (Å²) in [7, 11) is 3.45. The summed E-state index contributed by atoms with van der Waals surface area (Å²) in [5.41, 5.74) is -0.499. The van der Waals surface area contributed by atoms with Crippen LogP contribution in [0.15, 0.2) is 24.3 Å². The van der Waals surface area contributed by atoms with Crippen LogP contribution in [0.4, 0.5) is 0 Å². The van der Waals surface area contributed by atoms with Crippen molar-refractivity contribution < 1.29 is 9.90 Å². The van der Waals surface area contributed by atoms with Gasteiger partial charge >= 0.3 is 0 Å². The zero-order valence-corrected chi connectivity index (χ0v) is 12.2. The van der Waals surface area contributed by atoms with E-state index in [2.05, 4.69) is 18.8 Å². The Morgan fingerprint density at radius 2 is 2.05 bits per heavy atom. The van der Waals surface area contributed by atoms with Crippen LogP contribution in [-0.2, 0) is 5.72 Å². The van der Waals surface area contributed by atoms with Crippen molar-refractivity contribution in [2.75, 3.05) is 14.1 Å². The third-order valence-electron chi connectivity index (χ3n) is 3.35. The second kappa shape index (κ2) is 5.66. The van der Waals surface area contributed by atoms with Crippen LogP contribution in [0, 0.1) is 11.8 Å². The second-order valence-corrected chi connectivity index (χ2v) is 5.09. The molecule has 106 valence electrons. The van der Waals surface area contributed by atoms with E-state index in [0.717, 1.165) is 19.3 Å². The monoisotopic (exact) mass is 272 g/mol. The molecule has 0 aliphatic carbocycles. The van der Waals surface area contributed by atoms with Crippen molar-refractivity contribution in [1.29, 1.82) is 0 Å². The molecule has 1 aliphatic rings. The van der Waals surface area contributed by atoms with E-state index in [-0.39, 0.29) is 5.91 Å². The van der Waals surface area contributed by atoms with Gasteiger partial charge in [0.2, 0.25) is 5.72 Å². The average molecular weight is 272 g/mol. The summed E-state index contributed by atoms with van der Waals surface area (Å²) >= 11 is 0. The molecule has 0 saturated carbocycles. The maximum Gasteiger partial charge on any atom is 0.272 e. The molecule has 1 aromatic carbocycles. The molecule has 0 bridgehead atoms. The Morgan fingerprint density at radius 3 is 2.70 bits per heavy atom. The van der Waals surface area contributed by atoms with Crippen LogP contribution in [0.5, 0.6) is 0 Å². The number of amides is 1. The van der Waals surface area contributed by atoms with Crippen LogP contribution >= 0.6 is 0 Å². The predicted octanol–water partition coefficient (Wildman–Crippen LogP) is 1.96. The normalized spacial score (nSPS) is 20.9. The van der Waals surface area contributed by atoms with E-state index in [0.29, 0.717) is 11.1 Å². The zero-order chi connectivity index (χ0) is 14.8. The van der Waals surface area contributed by atoms with Gasteiger partial charge in [-0.25, -0.2) is 10.0 Å². The van der Waals surface area contributed by atoms with Gasteiger partial charge in [-0.1, -0.05) is 37.5 Å². The first-order valence-corrected chi connectivity index (χ1v) is 6.86. The van der Waals surface area contributed by atoms with Crippen LogP contribution in [0.3, 0.4) is 0 Å². The van der Waals surface area contributed by atoms with Gasteiger partial charge < -0.3 is 5.11 Å². The topological polar surface area (TPSA) is 43.8 Å². The fraction of sp³-hybridized carbons (Fsp3) is 0.438. The minimum atomic E-state index is -1.56. The molecule has 20 heavy (non-hydrogen) atoms. The molecule has 4 heteroatoms. The van der Waals surface area contributed by atoms with Crippen molar-refractivity contribution in [2.24, 2.45) is 0 Å². The molecule has 4 nitrogen and oxygen atoms in total. The van der Waals surface area contributed by atoms with Gasteiger partial charge in [-0.3, -0.25) is 4.79 Å². The number of rotatable bonds is 3. The summed E-state index contributed by atoms with van der Waals surface area (Å²) in [6.45, 7) is 2.09. The second-order valence-electron chi connectivity index (χ2n) is 5.09. The SMILES string of the molecule is CCCCC#CC1(O)c2ccccc2C(=O)N1N(C)C. The number of nitrogens with zero attached hydrogens (tertiary/aromatic N) is 2. The Bertz CT molecular complexity index is 571. The predicted molar refractivity (Wildman–Crippen MR) is 77.5 cm³/mol. The largest absolute Gasteiger partial charge is 0.356 e. The van der Waals surface area contributed by atoms with Crippen LogP contribution in [0.1, 0.15) is 42.1 Å². The molecule has 1 unspecified atom stereocenters. The molecule has 1 aliphatic heterocycles. The summed E-state index contributed by atoms with van der Waals surface area (Å²) < 4.78 is 0. The number of benzene rings is 1. The molecular formula is C16H20N2O2. The average Bonchev–Trinajstić information content (AvgIpc) is 2.65. The Kier molecular flexibility index (Phi) is 4.12. The molecule has 0 radical (unpaired) electrons. The highest BCUT2D eigenvalue weighted by molar-refractivity contribution is 6.00. The maximum atomic E-state index is 12.4. The highest BCUT2D eigenvalue weighted by atomic mass is 16.3. The third kappa shape index (κ3) is 2.31. The van der Waals surface area contributed by atoms with Crippen LogP contribution in [-0.4, -0.2) is 35.1 Å². The minimum Gasteiger partial charge on any atom is -0.356 e. The summed E-state index contributed by atoms with van der Waals surface area (Å²) in [6, 6.07) is 7.08. The number of carbonyl (C=O) groups excluding carboxylic acids is 1. The molecule has 0 fully saturated rings. The third-order valence-corrected chi connectivity index (χ3v) is 3.35. The van der Waals surface area contributed by atoms with Gasteiger partial charge in [0, 0.05) is 26.1 Å². The Hall–Kier alpha value is -1.83. The standard InChI is InChI=1S/C16H20N2O2/c1-4-5-6-9-12-16(20)14-11-8-7-10-13(14)15(19)18(16)17(2)3/h7-8,10-11,20H,4-6H2,1-3H3. The zero-order valence-electron chi connectivity index (χ0n) is 12.2. The molecule has 1 atom stereocenters. The number of hydrogen-bond donors (Lipinski definition) is 1. The van der Waals surface area contributed by atoms with E-state index < -0.39 is 5.72 Å². The summed E-state index contributed by atoms with van der Waals surface area (Å²) in [5, 5.41) is 13.8. The summed E-state index contributed by atoms with van der Waals surface area (Å²) in [6.07, 6.45) is 2.76. The van der Waals surface area contributed by atoms with Crippen LogP contribution in [0.2, 0.25) is 0 Å². The van der Waals surface area contributed by atoms with Gasteiger partial charge in [0.25, 0.3) is 5.91 Å². The van der Waals surface area contributed by atoms with Crippen molar-refractivity contribution in [2.45, 2.75) is 31.9 Å². The number of carbonyl (C=O) groups is 1. The highest BCUT2D eigenvalue weighted by Crippen LogP contribution is 2.37. The van der Waals surface area contributed by atoms with Gasteiger partial charge in [-0.15, -0.1) is 0 Å². The van der Waals surface area contributed by atoms with E-state index in [4.69, 9.17) is 0 Å². The van der Waals surface area contributed by atoms with Gasteiger partial charge in [0.15, 0.2) is 0 Å². The number of fused-ring (bicyclic) bond motifs is 1. The van der Waals surface area contributed by atoms with E-state index in [9.17, 15) is 9.90 Å². The van der Waals surface area contributed by atoms with Gasteiger partial charge in [-0.05, 0) is 18.4 Å². The van der Waals surface area contributed by atoms with Crippen molar-refractivity contribution in [3.8, 4) is 11.8 Å². The van der Waals surface area contributed by atoms with Crippen LogP contribution in [0.25, 0.3) is 0 Å². The molecule has 0 saturated heterocycles. The van der Waals surface area contributed by atoms with E-state index in [1.165, 1.54) is 5.01 Å². The summed E-state index contributed by atoms with van der Waals surface area (Å²) in [5.74, 6) is 5.65. The molecule has 0 spiro atoms. The first-order valence-electron chi connectivity index (χ1n) is 6.86.